The smallest absolute Gasteiger partial charge is 0.252 e. The molecule has 1 aromatic carbocycles. The Hall–Kier alpha value is -2.31. The first kappa shape index (κ1) is 17.5. The highest BCUT2D eigenvalue weighted by molar-refractivity contribution is 6.37. The molecule has 0 spiro atoms. The number of hydrogen-bond donors (Lipinski definition) is 2. The lowest BCUT2D eigenvalue weighted by Crippen LogP contribution is -2.20. The summed E-state index contributed by atoms with van der Waals surface area (Å²) in [6.07, 6.45) is 3.51. The topological polar surface area (TPSA) is 80.0 Å². The maximum Gasteiger partial charge on any atom is 0.252 e. The van der Waals surface area contributed by atoms with E-state index in [1.807, 2.05) is 0 Å². The van der Waals surface area contributed by atoms with Crippen molar-refractivity contribution in [3.05, 3.63) is 50.9 Å². The summed E-state index contributed by atoms with van der Waals surface area (Å²) in [6, 6.07) is 6.27. The standard InChI is InChI=1S/C17H16Cl2N4O2/c1-2-3-6-23-14(24)5-4-10-9-20-17(22-16(10)23)21-11-7-12(18)15(25)13(19)8-11/h4-5,7-9,25H,2-3,6H2,1H3,(H,20,21,22). The highest BCUT2D eigenvalue weighted by Gasteiger charge is 2.10. The highest BCUT2D eigenvalue weighted by atomic mass is 35.5. The molecule has 0 radical (unpaired) electrons. The molecule has 25 heavy (non-hydrogen) atoms. The van der Waals surface area contributed by atoms with E-state index in [0.717, 1.165) is 18.2 Å². The maximum absolute atomic E-state index is 12.2. The van der Waals surface area contributed by atoms with Crippen LogP contribution < -0.4 is 10.9 Å². The lowest BCUT2D eigenvalue weighted by atomic mass is 10.3. The second-order valence-corrected chi connectivity index (χ2v) is 6.38. The van der Waals surface area contributed by atoms with E-state index in [4.69, 9.17) is 23.2 Å². The molecular weight excluding hydrogens is 363 g/mol. The van der Waals surface area contributed by atoms with Gasteiger partial charge in [-0.25, -0.2) is 4.98 Å². The number of fused-ring (bicyclic) bond motifs is 1. The number of rotatable bonds is 5. The Morgan fingerprint density at radius 1 is 1.24 bits per heavy atom. The van der Waals surface area contributed by atoms with Crippen LogP contribution in [0.5, 0.6) is 5.75 Å². The van der Waals surface area contributed by atoms with Crippen LogP contribution in [0.4, 0.5) is 11.6 Å². The van der Waals surface area contributed by atoms with E-state index < -0.39 is 0 Å². The molecule has 2 N–H and O–H groups in total. The van der Waals surface area contributed by atoms with Gasteiger partial charge in [0.2, 0.25) is 5.95 Å². The number of hydrogen-bond acceptors (Lipinski definition) is 5. The van der Waals surface area contributed by atoms with Crippen molar-refractivity contribution in [2.45, 2.75) is 26.3 Å². The molecule has 0 aliphatic heterocycles. The van der Waals surface area contributed by atoms with Crippen molar-refractivity contribution in [3.63, 3.8) is 0 Å². The van der Waals surface area contributed by atoms with Crippen molar-refractivity contribution in [2.75, 3.05) is 5.32 Å². The minimum Gasteiger partial charge on any atom is -0.505 e. The molecule has 3 rings (SSSR count). The van der Waals surface area contributed by atoms with E-state index in [2.05, 4.69) is 22.2 Å². The molecule has 0 aliphatic rings. The van der Waals surface area contributed by atoms with Crippen molar-refractivity contribution in [1.29, 1.82) is 0 Å². The van der Waals surface area contributed by atoms with Crippen LogP contribution >= 0.6 is 23.2 Å². The van der Waals surface area contributed by atoms with Crippen LogP contribution in [-0.2, 0) is 6.54 Å². The van der Waals surface area contributed by atoms with Gasteiger partial charge in [-0.15, -0.1) is 0 Å². The SMILES string of the molecule is CCCCn1c(=O)ccc2cnc(Nc3cc(Cl)c(O)c(Cl)c3)nc21. The van der Waals surface area contributed by atoms with E-state index >= 15 is 0 Å². The summed E-state index contributed by atoms with van der Waals surface area (Å²) < 4.78 is 1.64. The van der Waals surface area contributed by atoms with Crippen LogP contribution in [0.25, 0.3) is 11.0 Å². The Kier molecular flexibility index (Phi) is 5.11. The van der Waals surface area contributed by atoms with Gasteiger partial charge < -0.3 is 10.4 Å². The van der Waals surface area contributed by atoms with Crippen molar-refractivity contribution in [1.82, 2.24) is 14.5 Å². The summed E-state index contributed by atoms with van der Waals surface area (Å²) in [5, 5.41) is 13.6. The number of aromatic hydroxyl groups is 1. The summed E-state index contributed by atoms with van der Waals surface area (Å²) in [7, 11) is 0. The molecule has 0 atom stereocenters. The van der Waals surface area contributed by atoms with Crippen molar-refractivity contribution in [2.24, 2.45) is 0 Å². The van der Waals surface area contributed by atoms with E-state index in [-0.39, 0.29) is 21.4 Å². The molecule has 8 heteroatoms. The van der Waals surface area contributed by atoms with Gasteiger partial charge in [0, 0.05) is 29.9 Å². The zero-order valence-corrected chi connectivity index (χ0v) is 15.0. The highest BCUT2D eigenvalue weighted by Crippen LogP contribution is 2.35. The second-order valence-electron chi connectivity index (χ2n) is 5.56. The summed E-state index contributed by atoms with van der Waals surface area (Å²) in [6.45, 7) is 2.66. The Morgan fingerprint density at radius 3 is 2.64 bits per heavy atom. The molecule has 6 nitrogen and oxygen atoms in total. The number of aromatic nitrogens is 3. The number of nitrogens with one attached hydrogen (secondary N) is 1. The third-order valence-electron chi connectivity index (χ3n) is 3.73. The summed E-state index contributed by atoms with van der Waals surface area (Å²) >= 11 is 11.8. The maximum atomic E-state index is 12.2. The van der Waals surface area contributed by atoms with E-state index in [1.54, 1.807) is 16.8 Å². The van der Waals surface area contributed by atoms with Crippen LogP contribution in [0, 0.1) is 0 Å². The second kappa shape index (κ2) is 7.29. The fraction of sp³-hybridized carbons (Fsp3) is 0.235. The van der Waals surface area contributed by atoms with Gasteiger partial charge in [-0.3, -0.25) is 9.36 Å². The lowest BCUT2D eigenvalue weighted by molar-refractivity contribution is 0.476. The van der Waals surface area contributed by atoms with Crippen LogP contribution in [0.1, 0.15) is 19.8 Å². The van der Waals surface area contributed by atoms with Gasteiger partial charge in [0.05, 0.1) is 10.0 Å². The van der Waals surface area contributed by atoms with E-state index in [0.29, 0.717) is 23.8 Å². The minimum absolute atomic E-state index is 0.0960. The molecule has 0 unspecified atom stereocenters. The number of halogens is 2. The molecule has 0 saturated carbocycles. The third-order valence-corrected chi connectivity index (χ3v) is 4.31. The number of pyridine rings is 1. The molecule has 0 fully saturated rings. The predicted octanol–water partition coefficient (Wildman–Crippen LogP) is 4.35. The first-order valence-corrected chi connectivity index (χ1v) is 8.57. The van der Waals surface area contributed by atoms with Gasteiger partial charge in [0.25, 0.3) is 5.56 Å². The van der Waals surface area contributed by atoms with Gasteiger partial charge in [-0.2, -0.15) is 4.98 Å². The molecule has 2 heterocycles. The number of anilines is 2. The average Bonchev–Trinajstić information content (AvgIpc) is 2.59. The number of benzene rings is 1. The monoisotopic (exact) mass is 378 g/mol. The fourth-order valence-electron chi connectivity index (χ4n) is 2.43. The number of aryl methyl sites for hydroxylation is 1. The molecule has 0 bridgehead atoms. The Bertz CT molecular complexity index is 965. The Balaban J connectivity index is 2.01. The largest absolute Gasteiger partial charge is 0.505 e. The van der Waals surface area contributed by atoms with Crippen molar-refractivity contribution >= 4 is 45.9 Å². The summed E-state index contributed by atoms with van der Waals surface area (Å²) in [5.41, 5.74) is 1.00. The first-order chi connectivity index (χ1) is 12.0. The predicted molar refractivity (Wildman–Crippen MR) is 100 cm³/mol. The Morgan fingerprint density at radius 2 is 1.96 bits per heavy atom. The van der Waals surface area contributed by atoms with Gasteiger partial charge in [-0.05, 0) is 24.6 Å². The number of unbranched alkanes of at least 4 members (excludes halogenated alkanes) is 1. The molecule has 3 aromatic rings. The van der Waals surface area contributed by atoms with Crippen LogP contribution in [0.3, 0.4) is 0 Å². The number of phenols is 1. The molecule has 0 aliphatic carbocycles. The molecule has 2 aromatic heterocycles. The summed E-state index contributed by atoms with van der Waals surface area (Å²) in [5.74, 6) is 0.128. The molecule has 0 saturated heterocycles. The minimum atomic E-state index is -0.179. The third kappa shape index (κ3) is 3.70. The van der Waals surface area contributed by atoms with Gasteiger partial charge >= 0.3 is 0 Å². The van der Waals surface area contributed by atoms with Gasteiger partial charge in [0.15, 0.2) is 5.75 Å². The lowest BCUT2D eigenvalue weighted by Gasteiger charge is -2.11. The Labute approximate surface area is 154 Å². The molecular formula is C17H16Cl2N4O2. The molecule has 130 valence electrons. The van der Waals surface area contributed by atoms with E-state index in [9.17, 15) is 9.90 Å². The van der Waals surface area contributed by atoms with Gasteiger partial charge in [-0.1, -0.05) is 36.5 Å². The zero-order chi connectivity index (χ0) is 18.0. The fourth-order valence-corrected chi connectivity index (χ4v) is 2.92. The van der Waals surface area contributed by atoms with Crippen molar-refractivity contribution < 1.29 is 5.11 Å². The normalized spacial score (nSPS) is 11.0. The number of nitrogens with zero attached hydrogens (tertiary/aromatic N) is 3. The van der Waals surface area contributed by atoms with Crippen LogP contribution in [0.15, 0.2) is 35.3 Å². The molecule has 0 amide bonds. The van der Waals surface area contributed by atoms with Gasteiger partial charge in [0.1, 0.15) is 5.65 Å². The van der Waals surface area contributed by atoms with Crippen LogP contribution in [-0.4, -0.2) is 19.6 Å². The van der Waals surface area contributed by atoms with E-state index in [1.165, 1.54) is 18.2 Å². The zero-order valence-electron chi connectivity index (χ0n) is 13.5. The quantitative estimate of drug-likeness (QED) is 0.645. The first-order valence-electron chi connectivity index (χ1n) is 7.81. The van der Waals surface area contributed by atoms with Crippen molar-refractivity contribution in [3.8, 4) is 5.75 Å². The average molecular weight is 379 g/mol. The summed E-state index contributed by atoms with van der Waals surface area (Å²) in [4.78, 5) is 20.9. The number of phenolic OH excluding ortho intramolecular Hbond substituents is 1. The van der Waals surface area contributed by atoms with Crippen LogP contribution in [0.2, 0.25) is 10.0 Å².